The smallest absolute Gasteiger partial charge is 0.281 e. The molecule has 0 radical (unpaired) electrons. The van der Waals surface area contributed by atoms with E-state index >= 15 is 0 Å². The van der Waals surface area contributed by atoms with Gasteiger partial charge in [-0.25, -0.2) is 5.43 Å². The van der Waals surface area contributed by atoms with Crippen LogP contribution >= 0.6 is 27.3 Å². The summed E-state index contributed by atoms with van der Waals surface area (Å²) >= 11 is 4.59. The molecule has 1 amide bonds. The maximum Gasteiger partial charge on any atom is 0.281 e. The predicted molar refractivity (Wildman–Crippen MR) is 86.4 cm³/mol. The molecule has 0 atom stereocenters. The number of ether oxygens (including phenoxy) is 1. The van der Waals surface area contributed by atoms with Gasteiger partial charge in [-0.05, 0) is 52.0 Å². The van der Waals surface area contributed by atoms with Gasteiger partial charge >= 0.3 is 0 Å². The molecule has 5 nitrogen and oxygen atoms in total. The summed E-state index contributed by atoms with van der Waals surface area (Å²) in [4.78, 5) is 12.3. The zero-order valence-electron chi connectivity index (χ0n) is 11.2. The number of benzene rings is 1. The molecule has 1 aromatic carbocycles. The van der Waals surface area contributed by atoms with Crippen molar-refractivity contribution < 1.29 is 14.6 Å². The van der Waals surface area contributed by atoms with Crippen molar-refractivity contribution in [3.8, 4) is 11.5 Å². The molecule has 2 aromatic rings. The summed E-state index contributed by atoms with van der Waals surface area (Å²) in [5.41, 5.74) is 3.13. The van der Waals surface area contributed by atoms with Crippen molar-refractivity contribution in [2.45, 2.75) is 6.92 Å². The van der Waals surface area contributed by atoms with Gasteiger partial charge in [-0.1, -0.05) is 6.07 Å². The fourth-order valence-electron chi connectivity index (χ4n) is 1.56. The number of rotatable bonds is 5. The molecule has 21 heavy (non-hydrogen) atoms. The van der Waals surface area contributed by atoms with Gasteiger partial charge in [0.15, 0.2) is 11.5 Å². The highest BCUT2D eigenvalue weighted by atomic mass is 79.9. The van der Waals surface area contributed by atoms with Crippen LogP contribution in [0, 0.1) is 0 Å². The lowest BCUT2D eigenvalue weighted by molar-refractivity contribution is 0.0959. The summed E-state index contributed by atoms with van der Waals surface area (Å²) in [6, 6.07) is 6.84. The SMILES string of the molecule is CCOc1cc(C=NNC(=O)c2cccs2)cc(Br)c1O. The second-order valence-corrected chi connectivity index (χ2v) is 5.76. The molecule has 0 aliphatic rings. The van der Waals surface area contributed by atoms with Gasteiger partial charge in [-0.3, -0.25) is 4.79 Å². The number of phenols is 1. The highest BCUT2D eigenvalue weighted by Gasteiger charge is 2.08. The number of hydrazone groups is 1. The Morgan fingerprint density at radius 2 is 2.38 bits per heavy atom. The molecular formula is C14H13BrN2O3S. The van der Waals surface area contributed by atoms with E-state index in [1.165, 1.54) is 17.6 Å². The van der Waals surface area contributed by atoms with E-state index in [0.717, 1.165) is 0 Å². The van der Waals surface area contributed by atoms with Crippen LogP contribution < -0.4 is 10.2 Å². The van der Waals surface area contributed by atoms with Crippen LogP contribution in [0.1, 0.15) is 22.2 Å². The van der Waals surface area contributed by atoms with Crippen LogP contribution in [0.3, 0.4) is 0 Å². The lowest BCUT2D eigenvalue weighted by Crippen LogP contribution is -2.16. The van der Waals surface area contributed by atoms with Crippen molar-refractivity contribution in [1.82, 2.24) is 5.43 Å². The number of hydrogen-bond donors (Lipinski definition) is 2. The number of nitrogens with one attached hydrogen (secondary N) is 1. The van der Waals surface area contributed by atoms with Crippen molar-refractivity contribution in [1.29, 1.82) is 0 Å². The highest BCUT2D eigenvalue weighted by Crippen LogP contribution is 2.34. The molecule has 7 heteroatoms. The molecule has 0 bridgehead atoms. The first-order valence-corrected chi connectivity index (χ1v) is 7.81. The summed E-state index contributed by atoms with van der Waals surface area (Å²) in [6.45, 7) is 2.27. The average Bonchev–Trinajstić information content (AvgIpc) is 2.98. The summed E-state index contributed by atoms with van der Waals surface area (Å²) in [6.07, 6.45) is 1.48. The van der Waals surface area contributed by atoms with Gasteiger partial charge in [-0.2, -0.15) is 5.10 Å². The number of amides is 1. The molecule has 2 rings (SSSR count). The monoisotopic (exact) mass is 368 g/mol. The fourth-order valence-corrected chi connectivity index (χ4v) is 2.64. The van der Waals surface area contributed by atoms with Crippen molar-refractivity contribution in [2.75, 3.05) is 6.61 Å². The Hall–Kier alpha value is -1.86. The molecule has 0 saturated heterocycles. The number of nitrogens with zero attached hydrogens (tertiary/aromatic N) is 1. The lowest BCUT2D eigenvalue weighted by atomic mass is 10.2. The third-order valence-corrected chi connectivity index (χ3v) is 3.95. The maximum absolute atomic E-state index is 11.7. The highest BCUT2D eigenvalue weighted by molar-refractivity contribution is 9.10. The van der Waals surface area contributed by atoms with Crippen LogP contribution in [-0.4, -0.2) is 23.8 Å². The molecule has 0 aliphatic carbocycles. The zero-order valence-corrected chi connectivity index (χ0v) is 13.6. The van der Waals surface area contributed by atoms with E-state index in [4.69, 9.17) is 4.74 Å². The van der Waals surface area contributed by atoms with Crippen LogP contribution in [0.25, 0.3) is 0 Å². The molecule has 0 unspecified atom stereocenters. The number of halogens is 1. The second kappa shape index (κ2) is 7.24. The molecule has 2 N–H and O–H groups in total. The minimum atomic E-state index is -0.260. The van der Waals surface area contributed by atoms with Crippen LogP contribution in [0.15, 0.2) is 39.2 Å². The van der Waals surface area contributed by atoms with Gasteiger partial charge in [0, 0.05) is 0 Å². The number of thiophene rings is 1. The van der Waals surface area contributed by atoms with Crippen molar-refractivity contribution >= 4 is 39.4 Å². The Bertz CT molecular complexity index is 656. The molecule has 0 saturated carbocycles. The van der Waals surface area contributed by atoms with Crippen LogP contribution in [0.4, 0.5) is 0 Å². The van der Waals surface area contributed by atoms with Gasteiger partial charge in [0.25, 0.3) is 5.91 Å². The summed E-state index contributed by atoms with van der Waals surface area (Å²) in [7, 11) is 0. The van der Waals surface area contributed by atoms with E-state index in [9.17, 15) is 9.90 Å². The molecule has 0 aliphatic heterocycles. The third kappa shape index (κ3) is 4.05. The van der Waals surface area contributed by atoms with E-state index in [0.29, 0.717) is 27.3 Å². The Labute approximate surface area is 134 Å². The van der Waals surface area contributed by atoms with Crippen molar-refractivity contribution in [3.05, 3.63) is 44.6 Å². The summed E-state index contributed by atoms with van der Waals surface area (Å²) in [5, 5.41) is 15.5. The third-order valence-electron chi connectivity index (χ3n) is 2.48. The molecule has 1 heterocycles. The Balaban J connectivity index is 2.08. The van der Waals surface area contributed by atoms with Crippen LogP contribution in [0.5, 0.6) is 11.5 Å². The first kappa shape index (κ1) is 15.5. The van der Waals surface area contributed by atoms with Gasteiger partial charge < -0.3 is 9.84 Å². The molecule has 0 fully saturated rings. The molecule has 110 valence electrons. The largest absolute Gasteiger partial charge is 0.503 e. The Morgan fingerprint density at radius 3 is 3.05 bits per heavy atom. The quantitative estimate of drug-likeness (QED) is 0.627. The Morgan fingerprint density at radius 1 is 1.57 bits per heavy atom. The number of carbonyl (C=O) groups excluding carboxylic acids is 1. The molecule has 1 aromatic heterocycles. The van der Waals surface area contributed by atoms with Crippen molar-refractivity contribution in [3.63, 3.8) is 0 Å². The van der Waals surface area contributed by atoms with Crippen molar-refractivity contribution in [2.24, 2.45) is 5.10 Å². The zero-order chi connectivity index (χ0) is 15.2. The van der Waals surface area contributed by atoms with E-state index in [1.807, 2.05) is 12.3 Å². The van der Waals surface area contributed by atoms with Gasteiger partial charge in [0.1, 0.15) is 0 Å². The number of hydrogen-bond acceptors (Lipinski definition) is 5. The maximum atomic E-state index is 11.7. The second-order valence-electron chi connectivity index (χ2n) is 3.96. The van der Waals surface area contributed by atoms with Crippen LogP contribution in [0.2, 0.25) is 0 Å². The molecular weight excluding hydrogens is 356 g/mol. The fraction of sp³-hybridized carbons (Fsp3) is 0.143. The van der Waals surface area contributed by atoms with E-state index < -0.39 is 0 Å². The predicted octanol–water partition coefficient (Wildman–Crippen LogP) is 3.38. The minimum absolute atomic E-state index is 0.0385. The average molecular weight is 369 g/mol. The lowest BCUT2D eigenvalue weighted by Gasteiger charge is -2.08. The number of aromatic hydroxyl groups is 1. The van der Waals surface area contributed by atoms with Gasteiger partial charge in [-0.15, -0.1) is 11.3 Å². The first-order chi connectivity index (χ1) is 10.1. The minimum Gasteiger partial charge on any atom is -0.503 e. The summed E-state index contributed by atoms with van der Waals surface area (Å²) < 4.78 is 5.82. The summed E-state index contributed by atoms with van der Waals surface area (Å²) in [5.74, 6) is 0.138. The van der Waals surface area contributed by atoms with Gasteiger partial charge in [0.05, 0.1) is 22.2 Å². The first-order valence-electron chi connectivity index (χ1n) is 6.14. The Kier molecular flexibility index (Phi) is 5.35. The number of phenolic OH excluding ortho intramolecular Hbond substituents is 1. The number of carbonyl (C=O) groups is 1. The standard InChI is InChI=1S/C14H13BrN2O3S/c1-2-20-11-7-9(6-10(15)13(11)18)8-16-17-14(19)12-4-3-5-21-12/h3-8,18H,2H2,1H3,(H,17,19). The van der Waals surface area contributed by atoms with Gasteiger partial charge in [0.2, 0.25) is 0 Å². The van der Waals surface area contributed by atoms with E-state index in [1.54, 1.807) is 24.3 Å². The topological polar surface area (TPSA) is 70.9 Å². The van der Waals surface area contributed by atoms with E-state index in [-0.39, 0.29) is 11.7 Å². The molecule has 0 spiro atoms. The normalized spacial score (nSPS) is 10.8. The van der Waals surface area contributed by atoms with Crippen LogP contribution in [-0.2, 0) is 0 Å². The van der Waals surface area contributed by atoms with E-state index in [2.05, 4.69) is 26.5 Å².